The Kier molecular flexibility index (Phi) is 6.57. The maximum absolute atomic E-state index is 5.58. The van der Waals surface area contributed by atoms with Crippen LogP contribution in [0.5, 0.6) is 17.2 Å². The lowest BCUT2D eigenvalue weighted by Crippen LogP contribution is -1.89. The van der Waals surface area contributed by atoms with E-state index >= 15 is 0 Å². The van der Waals surface area contributed by atoms with Gasteiger partial charge in [-0.05, 0) is 43.3 Å². The van der Waals surface area contributed by atoms with Crippen molar-refractivity contribution in [3.05, 3.63) is 91.0 Å². The van der Waals surface area contributed by atoms with Gasteiger partial charge in [-0.2, -0.15) is 0 Å². The molecule has 0 heterocycles. The van der Waals surface area contributed by atoms with Crippen LogP contribution in [0.15, 0.2) is 91.0 Å². The summed E-state index contributed by atoms with van der Waals surface area (Å²) in [6.45, 7) is 2.72. The van der Waals surface area contributed by atoms with Crippen LogP contribution < -0.4 is 9.47 Å². The average Bonchev–Trinajstić information content (AvgIpc) is 2.59. The van der Waals surface area contributed by atoms with Crippen molar-refractivity contribution in [3.63, 3.8) is 0 Å². The molecule has 22 heavy (non-hydrogen) atoms. The molecular formula is C20H20O2. The Bertz CT molecular complexity index is 584. The number of benzene rings is 3. The fourth-order valence-corrected chi connectivity index (χ4v) is 1.80. The Labute approximate surface area is 132 Å². The average molecular weight is 292 g/mol. The Morgan fingerprint density at radius 1 is 0.545 bits per heavy atom. The molecule has 0 unspecified atom stereocenters. The highest BCUT2D eigenvalue weighted by atomic mass is 16.5. The van der Waals surface area contributed by atoms with Gasteiger partial charge in [0.25, 0.3) is 0 Å². The van der Waals surface area contributed by atoms with E-state index in [4.69, 9.17) is 9.47 Å². The van der Waals surface area contributed by atoms with Crippen LogP contribution in [0, 0.1) is 0 Å². The Morgan fingerprint density at radius 2 is 0.909 bits per heavy atom. The molecule has 0 N–H and O–H groups in total. The molecule has 0 aliphatic heterocycles. The highest BCUT2D eigenvalue weighted by Crippen LogP contribution is 2.19. The number of hydrogen-bond acceptors (Lipinski definition) is 2. The molecule has 3 aromatic rings. The molecule has 3 aromatic carbocycles. The van der Waals surface area contributed by atoms with Gasteiger partial charge in [-0.15, -0.1) is 0 Å². The predicted molar refractivity (Wildman–Crippen MR) is 90.6 cm³/mol. The second-order valence-corrected chi connectivity index (χ2v) is 4.47. The molecule has 2 heteroatoms. The quantitative estimate of drug-likeness (QED) is 0.626. The number of para-hydroxylation sites is 3. The molecule has 3 rings (SSSR count). The first-order valence-electron chi connectivity index (χ1n) is 7.34. The lowest BCUT2D eigenvalue weighted by Gasteiger charge is -2.03. The third kappa shape index (κ3) is 5.71. The summed E-state index contributed by atoms with van der Waals surface area (Å²) >= 11 is 0. The lowest BCUT2D eigenvalue weighted by molar-refractivity contribution is 0.340. The molecule has 0 spiro atoms. The molecule has 0 aliphatic rings. The molecule has 0 atom stereocenters. The molecule has 0 bridgehead atoms. The van der Waals surface area contributed by atoms with E-state index < -0.39 is 0 Å². The molecule has 0 saturated carbocycles. The van der Waals surface area contributed by atoms with Gasteiger partial charge in [0.1, 0.15) is 17.2 Å². The molecular weight excluding hydrogens is 272 g/mol. The number of rotatable bonds is 4. The highest BCUT2D eigenvalue weighted by Gasteiger charge is 1.92. The van der Waals surface area contributed by atoms with E-state index in [1.807, 2.05) is 97.9 Å². The summed E-state index contributed by atoms with van der Waals surface area (Å²) in [7, 11) is 0. The Morgan fingerprint density at radius 3 is 1.27 bits per heavy atom. The zero-order valence-corrected chi connectivity index (χ0v) is 12.7. The van der Waals surface area contributed by atoms with Crippen molar-refractivity contribution in [2.45, 2.75) is 6.92 Å². The molecule has 0 aromatic heterocycles. The van der Waals surface area contributed by atoms with Crippen LogP contribution >= 0.6 is 0 Å². The predicted octanol–water partition coefficient (Wildman–Crippen LogP) is 5.56. The van der Waals surface area contributed by atoms with E-state index in [0.29, 0.717) is 0 Å². The monoisotopic (exact) mass is 292 g/mol. The Balaban J connectivity index is 0.000000172. The van der Waals surface area contributed by atoms with Gasteiger partial charge >= 0.3 is 0 Å². The largest absolute Gasteiger partial charge is 0.494 e. The molecule has 2 nitrogen and oxygen atoms in total. The fraction of sp³-hybridized carbons (Fsp3) is 0.100. The minimum absolute atomic E-state index is 0.740. The SMILES string of the molecule is CCOc1ccccc1.c1ccc(Oc2ccccc2)cc1. The molecule has 112 valence electrons. The first kappa shape index (κ1) is 15.6. The number of hydrogen-bond donors (Lipinski definition) is 0. The van der Waals surface area contributed by atoms with E-state index in [0.717, 1.165) is 23.9 Å². The summed E-state index contributed by atoms with van der Waals surface area (Å²) in [6, 6.07) is 29.3. The minimum Gasteiger partial charge on any atom is -0.494 e. The van der Waals surface area contributed by atoms with Gasteiger partial charge in [-0.1, -0.05) is 54.6 Å². The van der Waals surface area contributed by atoms with E-state index in [1.165, 1.54) is 0 Å². The summed E-state index contributed by atoms with van der Waals surface area (Å²) in [5.74, 6) is 2.68. The van der Waals surface area contributed by atoms with Crippen LogP contribution in [0.4, 0.5) is 0 Å². The standard InChI is InChI=1S/C12H10O.C8H10O/c1-3-7-11(8-4-1)13-12-9-5-2-6-10-12;1-2-9-8-6-4-3-5-7-8/h1-10H;3-7H,2H2,1H3. The van der Waals surface area contributed by atoms with E-state index in [-0.39, 0.29) is 0 Å². The van der Waals surface area contributed by atoms with Crippen molar-refractivity contribution in [3.8, 4) is 17.2 Å². The Hall–Kier alpha value is -2.74. The third-order valence-electron chi connectivity index (χ3n) is 2.78. The van der Waals surface area contributed by atoms with Crippen molar-refractivity contribution in [1.82, 2.24) is 0 Å². The van der Waals surface area contributed by atoms with Crippen LogP contribution in [0.1, 0.15) is 6.92 Å². The molecule has 0 radical (unpaired) electrons. The first-order chi connectivity index (χ1) is 10.9. The summed E-state index contributed by atoms with van der Waals surface area (Å²) < 4.78 is 10.8. The van der Waals surface area contributed by atoms with Crippen LogP contribution in [0.3, 0.4) is 0 Å². The van der Waals surface area contributed by atoms with Crippen molar-refractivity contribution < 1.29 is 9.47 Å². The molecule has 0 saturated heterocycles. The van der Waals surface area contributed by atoms with Crippen LogP contribution in [-0.2, 0) is 0 Å². The summed E-state index contributed by atoms with van der Waals surface area (Å²) in [6.07, 6.45) is 0. The van der Waals surface area contributed by atoms with Crippen molar-refractivity contribution in [2.75, 3.05) is 6.61 Å². The van der Waals surface area contributed by atoms with Gasteiger partial charge in [0.15, 0.2) is 0 Å². The zero-order chi connectivity index (χ0) is 15.5. The smallest absolute Gasteiger partial charge is 0.127 e. The highest BCUT2D eigenvalue weighted by molar-refractivity contribution is 5.30. The maximum atomic E-state index is 5.58. The second kappa shape index (κ2) is 9.24. The van der Waals surface area contributed by atoms with E-state index in [2.05, 4.69) is 0 Å². The van der Waals surface area contributed by atoms with Crippen LogP contribution in [-0.4, -0.2) is 6.61 Å². The lowest BCUT2D eigenvalue weighted by atomic mass is 10.3. The van der Waals surface area contributed by atoms with Gasteiger partial charge in [0.05, 0.1) is 6.61 Å². The van der Waals surface area contributed by atoms with Crippen LogP contribution in [0.25, 0.3) is 0 Å². The summed E-state index contributed by atoms with van der Waals surface area (Å²) in [5.41, 5.74) is 0. The molecule has 0 amide bonds. The van der Waals surface area contributed by atoms with Gasteiger partial charge in [0, 0.05) is 0 Å². The van der Waals surface area contributed by atoms with Gasteiger partial charge in [0.2, 0.25) is 0 Å². The van der Waals surface area contributed by atoms with Crippen LogP contribution in [0.2, 0.25) is 0 Å². The second-order valence-electron chi connectivity index (χ2n) is 4.47. The van der Waals surface area contributed by atoms with Gasteiger partial charge < -0.3 is 9.47 Å². The summed E-state index contributed by atoms with van der Waals surface area (Å²) in [4.78, 5) is 0. The third-order valence-corrected chi connectivity index (χ3v) is 2.78. The van der Waals surface area contributed by atoms with E-state index in [9.17, 15) is 0 Å². The number of ether oxygens (including phenoxy) is 2. The van der Waals surface area contributed by atoms with Crippen molar-refractivity contribution >= 4 is 0 Å². The first-order valence-corrected chi connectivity index (χ1v) is 7.34. The molecule has 0 aliphatic carbocycles. The topological polar surface area (TPSA) is 18.5 Å². The van der Waals surface area contributed by atoms with Gasteiger partial charge in [-0.25, -0.2) is 0 Å². The summed E-state index contributed by atoms with van der Waals surface area (Å²) in [5, 5.41) is 0. The van der Waals surface area contributed by atoms with Gasteiger partial charge in [-0.3, -0.25) is 0 Å². The van der Waals surface area contributed by atoms with E-state index in [1.54, 1.807) is 0 Å². The maximum Gasteiger partial charge on any atom is 0.127 e. The fourth-order valence-electron chi connectivity index (χ4n) is 1.80. The normalized spacial score (nSPS) is 9.32. The zero-order valence-electron chi connectivity index (χ0n) is 12.7. The molecule has 0 fully saturated rings. The van der Waals surface area contributed by atoms with Crippen molar-refractivity contribution in [2.24, 2.45) is 0 Å². The minimum atomic E-state index is 0.740. The van der Waals surface area contributed by atoms with Crippen molar-refractivity contribution in [1.29, 1.82) is 0 Å².